The maximum atomic E-state index is 12.7. The second-order valence-corrected chi connectivity index (χ2v) is 7.98. The molecule has 2 aliphatic rings. The number of hydrogen-bond acceptors (Lipinski definition) is 4. The van der Waals surface area contributed by atoms with Crippen LogP contribution in [0.25, 0.3) is 0 Å². The Morgan fingerprint density at radius 3 is 2.42 bits per heavy atom. The number of benzene rings is 1. The Kier molecular flexibility index (Phi) is 4.68. The van der Waals surface area contributed by atoms with Crippen LogP contribution in [0.1, 0.15) is 15.2 Å². The van der Waals surface area contributed by atoms with E-state index >= 15 is 0 Å². The Balaban J connectivity index is 1.28. The number of amides is 2. The van der Waals surface area contributed by atoms with E-state index in [-0.39, 0.29) is 17.7 Å². The van der Waals surface area contributed by atoms with E-state index in [1.54, 1.807) is 4.90 Å². The number of rotatable bonds is 3. The number of carbonyl (C=O) groups is 2. The highest BCUT2D eigenvalue weighted by Gasteiger charge is 2.39. The summed E-state index contributed by atoms with van der Waals surface area (Å²) in [6.07, 6.45) is 0. The van der Waals surface area contributed by atoms with E-state index in [2.05, 4.69) is 36.1 Å². The molecule has 0 atom stereocenters. The van der Waals surface area contributed by atoms with Crippen molar-refractivity contribution in [3.05, 3.63) is 52.2 Å². The van der Waals surface area contributed by atoms with Crippen molar-refractivity contribution in [2.45, 2.75) is 6.92 Å². The van der Waals surface area contributed by atoms with Crippen LogP contribution in [-0.2, 0) is 4.79 Å². The summed E-state index contributed by atoms with van der Waals surface area (Å²) in [4.78, 5) is 31.8. The lowest BCUT2D eigenvalue weighted by Gasteiger charge is -2.43. The SMILES string of the molecule is Cc1cccc(N2CCN(C(=O)C3CN(C(=O)c4cccs4)C3)CC2)c1. The summed E-state index contributed by atoms with van der Waals surface area (Å²) >= 11 is 1.45. The molecule has 0 spiro atoms. The van der Waals surface area contributed by atoms with E-state index < -0.39 is 0 Å². The van der Waals surface area contributed by atoms with E-state index in [1.165, 1.54) is 22.6 Å². The van der Waals surface area contributed by atoms with Crippen molar-refractivity contribution in [3.63, 3.8) is 0 Å². The van der Waals surface area contributed by atoms with E-state index in [1.807, 2.05) is 22.4 Å². The van der Waals surface area contributed by atoms with Gasteiger partial charge in [0.2, 0.25) is 5.91 Å². The van der Waals surface area contributed by atoms with Crippen molar-refractivity contribution in [2.24, 2.45) is 5.92 Å². The summed E-state index contributed by atoms with van der Waals surface area (Å²) in [5.41, 5.74) is 2.49. The van der Waals surface area contributed by atoms with Crippen molar-refractivity contribution < 1.29 is 9.59 Å². The van der Waals surface area contributed by atoms with Crippen molar-refractivity contribution in [2.75, 3.05) is 44.2 Å². The van der Waals surface area contributed by atoms with E-state index in [0.717, 1.165) is 31.1 Å². The molecular formula is C20H23N3O2S. The Morgan fingerprint density at radius 2 is 1.77 bits per heavy atom. The second kappa shape index (κ2) is 7.11. The molecule has 0 saturated carbocycles. The third-order valence-corrected chi connectivity index (χ3v) is 6.07. The zero-order chi connectivity index (χ0) is 18.1. The number of aryl methyl sites for hydroxylation is 1. The summed E-state index contributed by atoms with van der Waals surface area (Å²) in [5.74, 6) is 0.210. The van der Waals surface area contributed by atoms with E-state index in [0.29, 0.717) is 13.1 Å². The van der Waals surface area contributed by atoms with Gasteiger partial charge in [0.25, 0.3) is 5.91 Å². The van der Waals surface area contributed by atoms with Gasteiger partial charge in [0, 0.05) is 45.0 Å². The number of hydrogen-bond donors (Lipinski definition) is 0. The summed E-state index contributed by atoms with van der Waals surface area (Å²) in [6, 6.07) is 12.2. The Bertz CT molecular complexity index is 791. The first-order valence-corrected chi connectivity index (χ1v) is 9.93. The third-order valence-electron chi connectivity index (χ3n) is 5.21. The van der Waals surface area contributed by atoms with Crippen LogP contribution in [0.3, 0.4) is 0 Å². The highest BCUT2D eigenvalue weighted by molar-refractivity contribution is 7.12. The van der Waals surface area contributed by atoms with Crippen molar-refractivity contribution >= 4 is 28.8 Å². The number of piperazine rings is 1. The lowest BCUT2D eigenvalue weighted by molar-refractivity contribution is -0.140. The summed E-state index contributed by atoms with van der Waals surface area (Å²) in [7, 11) is 0. The monoisotopic (exact) mass is 369 g/mol. The van der Waals surface area contributed by atoms with Crippen molar-refractivity contribution in [1.29, 1.82) is 0 Å². The first kappa shape index (κ1) is 17.1. The van der Waals surface area contributed by atoms with Crippen molar-refractivity contribution in [3.8, 4) is 0 Å². The Hall–Kier alpha value is -2.34. The summed E-state index contributed by atoms with van der Waals surface area (Å²) in [6.45, 7) is 6.42. The molecule has 2 aromatic rings. The number of anilines is 1. The van der Waals surface area contributed by atoms with Gasteiger partial charge in [0.1, 0.15) is 0 Å². The Labute approximate surface area is 157 Å². The maximum Gasteiger partial charge on any atom is 0.263 e. The molecule has 6 heteroatoms. The predicted octanol–water partition coefficient (Wildman–Crippen LogP) is 2.48. The van der Waals surface area contributed by atoms with Crippen LogP contribution in [0, 0.1) is 12.8 Å². The molecule has 26 heavy (non-hydrogen) atoms. The van der Waals surface area contributed by atoms with Crippen LogP contribution < -0.4 is 4.90 Å². The molecule has 2 amide bonds. The minimum Gasteiger partial charge on any atom is -0.368 e. The normalized spacial score (nSPS) is 18.0. The van der Waals surface area contributed by atoms with Gasteiger partial charge >= 0.3 is 0 Å². The molecule has 0 N–H and O–H groups in total. The highest BCUT2D eigenvalue weighted by atomic mass is 32.1. The lowest BCUT2D eigenvalue weighted by Crippen LogP contribution is -2.59. The molecule has 0 radical (unpaired) electrons. The largest absolute Gasteiger partial charge is 0.368 e. The number of thiophene rings is 1. The van der Waals surface area contributed by atoms with Gasteiger partial charge in [-0.3, -0.25) is 9.59 Å². The minimum absolute atomic E-state index is 0.0376. The molecule has 1 aromatic heterocycles. The average Bonchev–Trinajstić information content (AvgIpc) is 3.15. The topological polar surface area (TPSA) is 43.9 Å². The maximum absolute atomic E-state index is 12.7. The van der Waals surface area contributed by atoms with E-state index in [4.69, 9.17) is 0 Å². The van der Waals surface area contributed by atoms with Gasteiger partial charge in [-0.1, -0.05) is 18.2 Å². The third kappa shape index (κ3) is 3.33. The first-order chi connectivity index (χ1) is 12.6. The fraction of sp³-hybridized carbons (Fsp3) is 0.400. The highest BCUT2D eigenvalue weighted by Crippen LogP contribution is 2.24. The fourth-order valence-electron chi connectivity index (χ4n) is 3.62. The molecule has 3 heterocycles. The van der Waals surface area contributed by atoms with Gasteiger partial charge in [-0.05, 0) is 36.1 Å². The molecule has 2 aliphatic heterocycles. The molecule has 2 fully saturated rings. The fourth-order valence-corrected chi connectivity index (χ4v) is 4.32. The lowest BCUT2D eigenvalue weighted by atomic mass is 9.97. The van der Waals surface area contributed by atoms with Crippen LogP contribution in [0.5, 0.6) is 0 Å². The molecule has 1 aromatic carbocycles. The quantitative estimate of drug-likeness (QED) is 0.835. The van der Waals surface area contributed by atoms with Crippen LogP contribution in [-0.4, -0.2) is 60.9 Å². The Morgan fingerprint density at radius 1 is 1.00 bits per heavy atom. The predicted molar refractivity (Wildman–Crippen MR) is 104 cm³/mol. The molecule has 136 valence electrons. The molecule has 0 bridgehead atoms. The van der Waals surface area contributed by atoms with Crippen LogP contribution in [0.2, 0.25) is 0 Å². The van der Waals surface area contributed by atoms with Crippen molar-refractivity contribution in [1.82, 2.24) is 9.80 Å². The van der Waals surface area contributed by atoms with Gasteiger partial charge < -0.3 is 14.7 Å². The van der Waals surface area contributed by atoms with Gasteiger partial charge in [-0.2, -0.15) is 0 Å². The molecule has 5 nitrogen and oxygen atoms in total. The van der Waals surface area contributed by atoms with Crippen LogP contribution in [0.4, 0.5) is 5.69 Å². The molecule has 0 unspecified atom stereocenters. The molecule has 2 saturated heterocycles. The standard InChI is InChI=1S/C20H23N3O2S/c1-15-4-2-5-17(12-15)21-7-9-22(10-8-21)19(24)16-13-23(14-16)20(25)18-6-3-11-26-18/h2-6,11-12,16H,7-10,13-14H2,1H3. The van der Waals surface area contributed by atoms with E-state index in [9.17, 15) is 9.59 Å². The number of nitrogens with zero attached hydrogens (tertiary/aromatic N) is 3. The summed E-state index contributed by atoms with van der Waals surface area (Å²) in [5, 5.41) is 1.91. The molecule has 4 rings (SSSR count). The minimum atomic E-state index is -0.0376. The first-order valence-electron chi connectivity index (χ1n) is 9.05. The van der Waals surface area contributed by atoms with Gasteiger partial charge in [0.15, 0.2) is 0 Å². The van der Waals surface area contributed by atoms with Gasteiger partial charge in [0.05, 0.1) is 10.8 Å². The van der Waals surface area contributed by atoms with Gasteiger partial charge in [-0.25, -0.2) is 0 Å². The zero-order valence-electron chi connectivity index (χ0n) is 14.9. The van der Waals surface area contributed by atoms with Gasteiger partial charge in [-0.15, -0.1) is 11.3 Å². The molecule has 0 aliphatic carbocycles. The zero-order valence-corrected chi connectivity index (χ0v) is 15.7. The van der Waals surface area contributed by atoms with Crippen LogP contribution in [0.15, 0.2) is 41.8 Å². The second-order valence-electron chi connectivity index (χ2n) is 7.04. The number of carbonyl (C=O) groups excluding carboxylic acids is 2. The smallest absolute Gasteiger partial charge is 0.263 e. The molecular weight excluding hydrogens is 346 g/mol. The summed E-state index contributed by atoms with van der Waals surface area (Å²) < 4.78 is 0. The van der Waals surface area contributed by atoms with Crippen LogP contribution >= 0.6 is 11.3 Å². The average molecular weight is 369 g/mol. The number of likely N-dealkylation sites (tertiary alicyclic amines) is 1.